The average Bonchev–Trinajstić information content (AvgIpc) is 2.69. The van der Waals surface area contributed by atoms with E-state index in [1.807, 2.05) is 36.4 Å². The minimum absolute atomic E-state index is 0.120. The molecule has 5 heteroatoms. The lowest BCUT2D eigenvalue weighted by Crippen LogP contribution is -2.34. The van der Waals surface area contributed by atoms with Crippen molar-refractivity contribution in [2.75, 3.05) is 13.2 Å². The van der Waals surface area contributed by atoms with E-state index >= 15 is 0 Å². The van der Waals surface area contributed by atoms with Crippen molar-refractivity contribution >= 4 is 5.97 Å². The molecule has 0 saturated carbocycles. The zero-order chi connectivity index (χ0) is 18.9. The normalized spacial score (nSPS) is 15.3. The van der Waals surface area contributed by atoms with Crippen molar-refractivity contribution in [3.63, 3.8) is 0 Å². The molecule has 5 nitrogen and oxygen atoms in total. The van der Waals surface area contributed by atoms with Gasteiger partial charge in [0.25, 0.3) is 0 Å². The first-order valence-corrected chi connectivity index (χ1v) is 9.53. The molecule has 0 aliphatic carbocycles. The molecule has 1 aliphatic rings. The maximum atomic E-state index is 10.5. The molecule has 0 radical (unpaired) electrons. The number of hydrogen-bond acceptors (Lipinski definition) is 4. The highest BCUT2D eigenvalue weighted by molar-refractivity contribution is 5.66. The number of hydrogen-bond donors (Lipinski definition) is 1. The molecule has 2 aromatic carbocycles. The zero-order valence-corrected chi connectivity index (χ0v) is 15.4. The van der Waals surface area contributed by atoms with Gasteiger partial charge in [0.15, 0.2) is 17.6 Å². The summed E-state index contributed by atoms with van der Waals surface area (Å²) in [5.41, 5.74) is 1.27. The number of carboxylic acids is 1. The van der Waals surface area contributed by atoms with Gasteiger partial charge < -0.3 is 19.3 Å². The Balaban J connectivity index is 1.35. The molecule has 27 heavy (non-hydrogen) atoms. The lowest BCUT2D eigenvalue weighted by molar-refractivity contribution is -0.137. The minimum atomic E-state index is -0.708. The van der Waals surface area contributed by atoms with Crippen LogP contribution < -0.4 is 14.2 Å². The van der Waals surface area contributed by atoms with Gasteiger partial charge in [-0.25, -0.2) is 0 Å². The van der Waals surface area contributed by atoms with Crippen molar-refractivity contribution in [3.05, 3.63) is 54.1 Å². The van der Waals surface area contributed by atoms with E-state index in [0.717, 1.165) is 49.4 Å². The monoisotopic (exact) mass is 370 g/mol. The van der Waals surface area contributed by atoms with E-state index in [1.165, 1.54) is 5.56 Å². The molecule has 1 atom stereocenters. The predicted molar refractivity (Wildman–Crippen MR) is 103 cm³/mol. The van der Waals surface area contributed by atoms with Gasteiger partial charge in [0, 0.05) is 6.42 Å². The Morgan fingerprint density at radius 2 is 1.74 bits per heavy atom. The summed E-state index contributed by atoms with van der Waals surface area (Å²) < 4.78 is 17.4. The molecule has 0 saturated heterocycles. The molecule has 3 rings (SSSR count). The van der Waals surface area contributed by atoms with Crippen LogP contribution >= 0.6 is 0 Å². The number of carboxylic acid groups (broad SMARTS) is 1. The van der Waals surface area contributed by atoms with E-state index in [0.29, 0.717) is 13.2 Å². The molecule has 1 aliphatic heterocycles. The number of aliphatic carboxylic acids is 1. The first kappa shape index (κ1) is 19.1. The first-order valence-electron chi connectivity index (χ1n) is 9.53. The largest absolute Gasteiger partial charge is 0.490 e. The summed E-state index contributed by atoms with van der Waals surface area (Å²) in [6.45, 7) is 0.925. The van der Waals surface area contributed by atoms with Crippen molar-refractivity contribution < 1.29 is 24.1 Å². The van der Waals surface area contributed by atoms with Crippen molar-refractivity contribution in [1.29, 1.82) is 0 Å². The van der Waals surface area contributed by atoms with E-state index in [1.54, 1.807) is 0 Å². The summed E-state index contributed by atoms with van der Waals surface area (Å²) in [5, 5.41) is 8.62. The van der Waals surface area contributed by atoms with Gasteiger partial charge in [0.2, 0.25) is 0 Å². The minimum Gasteiger partial charge on any atom is -0.490 e. The van der Waals surface area contributed by atoms with Gasteiger partial charge in [-0.05, 0) is 49.1 Å². The summed E-state index contributed by atoms with van der Waals surface area (Å²) in [5.74, 6) is 1.65. The number of benzene rings is 2. The quantitative estimate of drug-likeness (QED) is 0.625. The number of para-hydroxylation sites is 2. The molecule has 0 bridgehead atoms. The predicted octanol–water partition coefficient (Wildman–Crippen LogP) is 4.48. The Morgan fingerprint density at radius 1 is 1.00 bits per heavy atom. The van der Waals surface area contributed by atoms with E-state index in [4.69, 9.17) is 19.3 Å². The van der Waals surface area contributed by atoms with Crippen molar-refractivity contribution in [2.45, 2.75) is 44.6 Å². The summed E-state index contributed by atoms with van der Waals surface area (Å²) >= 11 is 0. The second-order valence-electron chi connectivity index (χ2n) is 6.76. The van der Waals surface area contributed by atoms with Crippen molar-refractivity contribution in [2.24, 2.45) is 0 Å². The maximum Gasteiger partial charge on any atom is 0.303 e. The molecule has 1 heterocycles. The van der Waals surface area contributed by atoms with Crippen LogP contribution in [-0.4, -0.2) is 30.4 Å². The molecule has 2 aromatic rings. The Labute approximate surface area is 159 Å². The van der Waals surface area contributed by atoms with Gasteiger partial charge in [-0.3, -0.25) is 4.79 Å². The molecule has 0 aromatic heterocycles. The summed E-state index contributed by atoms with van der Waals surface area (Å²) in [7, 11) is 0. The standard InChI is InChI=1S/C22H26O5/c23-22(24)10-4-2-1-3-7-17-11-13-18(14-12-17)25-15-19-16-26-20-8-5-6-9-21(20)27-19/h5-6,8-9,11-14,19H,1-4,7,10,15-16H2,(H,23,24). The molecule has 0 spiro atoms. The van der Waals surface area contributed by atoms with Gasteiger partial charge in [-0.1, -0.05) is 37.1 Å². The highest BCUT2D eigenvalue weighted by atomic mass is 16.6. The summed E-state index contributed by atoms with van der Waals surface area (Å²) in [6, 6.07) is 15.8. The van der Waals surface area contributed by atoms with Gasteiger partial charge in [0.05, 0.1) is 0 Å². The number of unbranched alkanes of at least 4 members (excludes halogenated alkanes) is 3. The molecular weight excluding hydrogens is 344 g/mol. The molecule has 144 valence electrons. The Kier molecular flexibility index (Phi) is 6.97. The maximum absolute atomic E-state index is 10.5. The highest BCUT2D eigenvalue weighted by Gasteiger charge is 2.21. The van der Waals surface area contributed by atoms with Crippen LogP contribution in [0.15, 0.2) is 48.5 Å². The third kappa shape index (κ3) is 6.20. The second kappa shape index (κ2) is 9.86. The summed E-state index contributed by atoms with van der Waals surface area (Å²) in [6.07, 6.45) is 5.03. The lowest BCUT2D eigenvalue weighted by atomic mass is 10.1. The molecular formula is C22H26O5. The number of carbonyl (C=O) groups is 1. The Morgan fingerprint density at radius 3 is 2.52 bits per heavy atom. The third-order valence-electron chi connectivity index (χ3n) is 4.53. The fourth-order valence-corrected chi connectivity index (χ4v) is 3.05. The van der Waals surface area contributed by atoms with Gasteiger partial charge in [-0.2, -0.15) is 0 Å². The fraction of sp³-hybridized carbons (Fsp3) is 0.409. The van der Waals surface area contributed by atoms with E-state index in [9.17, 15) is 4.79 Å². The van der Waals surface area contributed by atoms with Crippen molar-refractivity contribution in [1.82, 2.24) is 0 Å². The number of ether oxygens (including phenoxy) is 3. The van der Waals surface area contributed by atoms with Crippen LogP contribution in [0.25, 0.3) is 0 Å². The van der Waals surface area contributed by atoms with E-state index < -0.39 is 5.97 Å². The lowest BCUT2D eigenvalue weighted by Gasteiger charge is -2.26. The van der Waals surface area contributed by atoms with Crippen LogP contribution in [0.4, 0.5) is 0 Å². The number of fused-ring (bicyclic) bond motifs is 1. The Bertz CT molecular complexity index is 726. The smallest absolute Gasteiger partial charge is 0.303 e. The first-order chi connectivity index (χ1) is 13.2. The topological polar surface area (TPSA) is 65.0 Å². The molecule has 1 unspecified atom stereocenters. The van der Waals surface area contributed by atoms with Crippen LogP contribution in [-0.2, 0) is 11.2 Å². The molecule has 0 fully saturated rings. The molecule has 1 N–H and O–H groups in total. The fourth-order valence-electron chi connectivity index (χ4n) is 3.05. The van der Waals surface area contributed by atoms with Crippen LogP contribution in [0.1, 0.15) is 37.7 Å². The second-order valence-corrected chi connectivity index (χ2v) is 6.76. The van der Waals surface area contributed by atoms with Gasteiger partial charge >= 0.3 is 5.97 Å². The third-order valence-corrected chi connectivity index (χ3v) is 4.53. The van der Waals surface area contributed by atoms with Gasteiger partial charge in [0.1, 0.15) is 19.0 Å². The van der Waals surface area contributed by atoms with E-state index in [2.05, 4.69) is 12.1 Å². The van der Waals surface area contributed by atoms with Crippen LogP contribution in [0, 0.1) is 0 Å². The van der Waals surface area contributed by atoms with Crippen molar-refractivity contribution in [3.8, 4) is 17.2 Å². The Hall–Kier alpha value is -2.69. The highest BCUT2D eigenvalue weighted by Crippen LogP contribution is 2.31. The number of rotatable bonds is 10. The molecule has 0 amide bonds. The van der Waals surface area contributed by atoms with Crippen LogP contribution in [0.3, 0.4) is 0 Å². The zero-order valence-electron chi connectivity index (χ0n) is 15.4. The average molecular weight is 370 g/mol. The SMILES string of the molecule is O=C(O)CCCCCCc1ccc(OCC2COc3ccccc3O2)cc1. The van der Waals surface area contributed by atoms with Crippen LogP contribution in [0.5, 0.6) is 17.2 Å². The van der Waals surface area contributed by atoms with Gasteiger partial charge in [-0.15, -0.1) is 0 Å². The summed E-state index contributed by atoms with van der Waals surface area (Å²) in [4.78, 5) is 10.5. The van der Waals surface area contributed by atoms with E-state index in [-0.39, 0.29) is 12.5 Å². The van der Waals surface area contributed by atoms with Crippen LogP contribution in [0.2, 0.25) is 0 Å². The number of aryl methyl sites for hydroxylation is 1.